The van der Waals surface area contributed by atoms with Gasteiger partial charge in [0.05, 0.1) is 24.8 Å². The monoisotopic (exact) mass is 426 g/mol. The maximum atomic E-state index is 5.51. The van der Waals surface area contributed by atoms with Crippen molar-refractivity contribution in [1.82, 2.24) is 29.3 Å². The predicted molar refractivity (Wildman–Crippen MR) is 124 cm³/mol. The summed E-state index contributed by atoms with van der Waals surface area (Å²) in [5.41, 5.74) is 5.21. The van der Waals surface area contributed by atoms with Crippen molar-refractivity contribution in [2.24, 2.45) is 0 Å². The summed E-state index contributed by atoms with van der Waals surface area (Å²) in [4.78, 5) is 13.8. The smallest absolute Gasteiger partial charge is 0.238 e. The summed E-state index contributed by atoms with van der Waals surface area (Å²) in [7, 11) is 1.62. The van der Waals surface area contributed by atoms with Gasteiger partial charge < -0.3 is 9.30 Å². The largest absolute Gasteiger partial charge is 0.479 e. The summed E-state index contributed by atoms with van der Waals surface area (Å²) >= 11 is 0. The molecule has 162 valence electrons. The topological polar surface area (TPSA) is 70.7 Å². The number of imidazole rings is 1. The Morgan fingerprint density at radius 3 is 2.72 bits per heavy atom. The molecule has 0 radical (unpaired) electrons. The molecule has 0 aliphatic carbocycles. The lowest BCUT2D eigenvalue weighted by Crippen LogP contribution is -2.18. The van der Waals surface area contributed by atoms with Crippen LogP contribution >= 0.6 is 0 Å². The third-order valence-corrected chi connectivity index (χ3v) is 5.90. The number of fused-ring (bicyclic) bond motifs is 1. The van der Waals surface area contributed by atoms with Crippen LogP contribution in [0, 0.1) is 13.8 Å². The van der Waals surface area contributed by atoms with E-state index in [1.165, 1.54) is 11.1 Å². The maximum absolute atomic E-state index is 5.51. The highest BCUT2D eigenvalue weighted by atomic mass is 16.5. The first-order chi connectivity index (χ1) is 15.6. The average Bonchev–Trinajstić information content (AvgIpc) is 3.43. The molecular formula is C25H26N6O. The number of methoxy groups -OCH3 is 1. The lowest BCUT2D eigenvalue weighted by Gasteiger charge is -2.23. The van der Waals surface area contributed by atoms with Gasteiger partial charge in [0, 0.05) is 18.7 Å². The maximum Gasteiger partial charge on any atom is 0.238 e. The summed E-state index contributed by atoms with van der Waals surface area (Å²) in [5, 5.41) is 4.73. The molecule has 4 heterocycles. The molecule has 7 heteroatoms. The van der Waals surface area contributed by atoms with Gasteiger partial charge in [0.1, 0.15) is 11.5 Å². The van der Waals surface area contributed by atoms with E-state index < -0.39 is 0 Å². The Labute approximate surface area is 187 Å². The summed E-state index contributed by atoms with van der Waals surface area (Å²) < 4.78 is 9.48. The molecule has 0 N–H and O–H groups in total. The zero-order valence-corrected chi connectivity index (χ0v) is 18.6. The second-order valence-corrected chi connectivity index (χ2v) is 8.12. The number of hydrogen-bond acceptors (Lipinski definition) is 5. The molecule has 32 heavy (non-hydrogen) atoms. The molecule has 0 bridgehead atoms. The van der Waals surface area contributed by atoms with Crippen LogP contribution in [-0.4, -0.2) is 36.4 Å². The summed E-state index contributed by atoms with van der Waals surface area (Å²) in [6.07, 6.45) is 9.75. The lowest BCUT2D eigenvalue weighted by molar-refractivity contribution is 0.395. The van der Waals surface area contributed by atoms with Gasteiger partial charge in [-0.25, -0.2) is 19.6 Å². The molecule has 0 amide bonds. The zero-order valence-electron chi connectivity index (χ0n) is 18.6. The van der Waals surface area contributed by atoms with Crippen LogP contribution in [0.25, 0.3) is 17.8 Å². The molecule has 7 nitrogen and oxygen atoms in total. The van der Waals surface area contributed by atoms with Gasteiger partial charge >= 0.3 is 0 Å². The van der Waals surface area contributed by atoms with Gasteiger partial charge in [-0.2, -0.15) is 5.10 Å². The SMILES string of the molecule is COc1nc(C=Cc2nc3n(n2)CCC[C@H]3c2ccccc2C)ccc1-n1cnc(C)c1. The highest BCUT2D eigenvalue weighted by Gasteiger charge is 2.26. The van der Waals surface area contributed by atoms with Crippen LogP contribution in [0.5, 0.6) is 5.88 Å². The van der Waals surface area contributed by atoms with E-state index in [9.17, 15) is 0 Å². The van der Waals surface area contributed by atoms with Gasteiger partial charge in [-0.15, -0.1) is 0 Å². The van der Waals surface area contributed by atoms with Gasteiger partial charge in [0.25, 0.3) is 0 Å². The Morgan fingerprint density at radius 2 is 1.94 bits per heavy atom. The fourth-order valence-corrected chi connectivity index (χ4v) is 4.31. The molecule has 1 aliphatic heterocycles. The Morgan fingerprint density at radius 1 is 1.06 bits per heavy atom. The minimum Gasteiger partial charge on any atom is -0.479 e. The minimum atomic E-state index is 0.288. The van der Waals surface area contributed by atoms with E-state index in [1.54, 1.807) is 13.4 Å². The van der Waals surface area contributed by atoms with Crippen LogP contribution in [-0.2, 0) is 6.54 Å². The van der Waals surface area contributed by atoms with Crippen molar-refractivity contribution < 1.29 is 4.74 Å². The van der Waals surface area contributed by atoms with Gasteiger partial charge in [-0.05, 0) is 62.1 Å². The van der Waals surface area contributed by atoms with E-state index in [-0.39, 0.29) is 5.92 Å². The number of pyridine rings is 1. The van der Waals surface area contributed by atoms with Crippen molar-refractivity contribution >= 4 is 12.2 Å². The molecule has 3 aromatic heterocycles. The molecule has 0 unspecified atom stereocenters. The highest BCUT2D eigenvalue weighted by molar-refractivity contribution is 5.65. The van der Waals surface area contributed by atoms with E-state index in [2.05, 4.69) is 45.8 Å². The number of rotatable bonds is 5. The van der Waals surface area contributed by atoms with Crippen molar-refractivity contribution in [2.75, 3.05) is 7.11 Å². The van der Waals surface area contributed by atoms with E-state index in [0.29, 0.717) is 11.7 Å². The third kappa shape index (κ3) is 3.82. The molecular weight excluding hydrogens is 400 g/mol. The summed E-state index contributed by atoms with van der Waals surface area (Å²) in [5.74, 6) is 2.58. The first-order valence-corrected chi connectivity index (χ1v) is 10.9. The molecule has 5 rings (SSSR count). The average molecular weight is 427 g/mol. The number of aryl methyl sites for hydroxylation is 3. The normalized spacial score (nSPS) is 15.8. The molecule has 1 aliphatic rings. The summed E-state index contributed by atoms with van der Waals surface area (Å²) in [6.45, 7) is 5.03. The molecule has 0 fully saturated rings. The zero-order chi connectivity index (χ0) is 22.1. The van der Waals surface area contributed by atoms with E-state index in [1.807, 2.05) is 42.0 Å². The van der Waals surface area contributed by atoms with Crippen molar-refractivity contribution in [2.45, 2.75) is 39.2 Å². The predicted octanol–water partition coefficient (Wildman–Crippen LogP) is 4.58. The second kappa shape index (κ2) is 8.42. The standard InChI is InChI=1S/C25H26N6O/c1-17-7-4-5-8-20(17)21-9-6-14-31-24(21)28-23(29-31)13-11-19-10-12-22(25(27-19)32-3)30-15-18(2)26-16-30/h4-5,7-8,10-13,15-16,21H,6,9,14H2,1-3H3/t21-/m0/s1. The minimum absolute atomic E-state index is 0.288. The second-order valence-electron chi connectivity index (χ2n) is 8.12. The Kier molecular flexibility index (Phi) is 5.31. The number of aromatic nitrogens is 6. The van der Waals surface area contributed by atoms with E-state index in [0.717, 1.165) is 42.3 Å². The first kappa shape index (κ1) is 20.2. The van der Waals surface area contributed by atoms with Crippen molar-refractivity contribution in [3.8, 4) is 11.6 Å². The van der Waals surface area contributed by atoms with Gasteiger partial charge in [-0.1, -0.05) is 24.3 Å². The lowest BCUT2D eigenvalue weighted by atomic mass is 9.88. The Bertz CT molecular complexity index is 1290. The van der Waals surface area contributed by atoms with Crippen LogP contribution in [0.15, 0.2) is 48.9 Å². The number of nitrogens with zero attached hydrogens (tertiary/aromatic N) is 6. The Hall–Kier alpha value is -3.74. The van der Waals surface area contributed by atoms with E-state index in [4.69, 9.17) is 14.8 Å². The fraction of sp³-hybridized carbons (Fsp3) is 0.280. The highest BCUT2D eigenvalue weighted by Crippen LogP contribution is 2.33. The van der Waals surface area contributed by atoms with Crippen LogP contribution in [0.4, 0.5) is 0 Å². The molecule has 4 aromatic rings. The number of benzene rings is 1. The number of ether oxygens (including phenoxy) is 1. The van der Waals surface area contributed by atoms with Crippen LogP contribution in [0.1, 0.15) is 52.9 Å². The van der Waals surface area contributed by atoms with Crippen molar-refractivity contribution in [3.05, 3.63) is 83.1 Å². The van der Waals surface area contributed by atoms with Crippen LogP contribution in [0.3, 0.4) is 0 Å². The summed E-state index contributed by atoms with van der Waals surface area (Å²) in [6, 6.07) is 12.5. The molecule has 0 saturated carbocycles. The van der Waals surface area contributed by atoms with Gasteiger partial charge in [-0.3, -0.25) is 0 Å². The molecule has 0 saturated heterocycles. The van der Waals surface area contributed by atoms with E-state index >= 15 is 0 Å². The molecule has 0 spiro atoms. The Balaban J connectivity index is 1.42. The first-order valence-electron chi connectivity index (χ1n) is 10.9. The van der Waals surface area contributed by atoms with Crippen molar-refractivity contribution in [3.63, 3.8) is 0 Å². The van der Waals surface area contributed by atoms with Crippen molar-refractivity contribution in [1.29, 1.82) is 0 Å². The quantitative estimate of drug-likeness (QED) is 0.467. The van der Waals surface area contributed by atoms with Gasteiger partial charge in [0.2, 0.25) is 5.88 Å². The number of hydrogen-bond donors (Lipinski definition) is 0. The molecule has 1 atom stereocenters. The fourth-order valence-electron chi connectivity index (χ4n) is 4.31. The van der Waals surface area contributed by atoms with Gasteiger partial charge in [0.15, 0.2) is 5.82 Å². The van der Waals surface area contributed by atoms with Crippen LogP contribution < -0.4 is 4.74 Å². The third-order valence-electron chi connectivity index (χ3n) is 5.90. The van der Waals surface area contributed by atoms with Crippen LogP contribution in [0.2, 0.25) is 0 Å². The molecule has 1 aromatic carbocycles.